The highest BCUT2D eigenvalue weighted by atomic mass is 28.3. The Morgan fingerprint density at radius 1 is 1.37 bits per heavy atom. The summed E-state index contributed by atoms with van der Waals surface area (Å²) in [4.78, 5) is 17.3. The summed E-state index contributed by atoms with van der Waals surface area (Å²) in [7, 11) is -1.29. The van der Waals surface area contributed by atoms with E-state index in [0.29, 0.717) is 6.54 Å². The third-order valence-electron chi connectivity index (χ3n) is 2.68. The van der Waals surface area contributed by atoms with Crippen LogP contribution in [0.5, 0.6) is 0 Å². The van der Waals surface area contributed by atoms with Crippen molar-refractivity contribution >= 4 is 14.3 Å². The van der Waals surface area contributed by atoms with Crippen LogP contribution in [0.25, 0.3) is 0 Å². The van der Waals surface area contributed by atoms with Crippen LogP contribution in [0, 0.1) is 0 Å². The van der Waals surface area contributed by atoms with E-state index < -0.39 is 13.8 Å². The first-order valence-electron chi connectivity index (χ1n) is 7.00. The average molecular weight is 284 g/mol. The molecule has 0 bridgehead atoms. The van der Waals surface area contributed by atoms with Gasteiger partial charge in [-0.05, 0) is 45.4 Å². The largest absolute Gasteiger partial charge is 0.444 e. The molecule has 1 amide bonds. The van der Waals surface area contributed by atoms with Crippen LogP contribution in [0.4, 0.5) is 4.79 Å². The topological polar surface area (TPSA) is 41.6 Å². The van der Waals surface area contributed by atoms with Crippen molar-refractivity contribution in [1.82, 2.24) is 9.88 Å². The van der Waals surface area contributed by atoms with Gasteiger partial charge in [0.1, 0.15) is 13.8 Å². The number of nitrogens with zero attached hydrogens (tertiary/aromatic N) is 1. The van der Waals surface area contributed by atoms with Crippen molar-refractivity contribution in [3.8, 4) is 0 Å². The fraction of sp³-hybridized carbons (Fsp3) is 0.786. The highest BCUT2D eigenvalue weighted by Crippen LogP contribution is 2.18. The Hall–Kier alpha value is -0.973. The van der Waals surface area contributed by atoms with E-state index in [1.165, 1.54) is 5.57 Å². The number of nitrogens with one attached hydrogen (secondary N) is 1. The summed E-state index contributed by atoms with van der Waals surface area (Å²) in [5, 5.41) is 0. The van der Waals surface area contributed by atoms with Crippen LogP contribution in [-0.2, 0) is 4.74 Å². The van der Waals surface area contributed by atoms with Gasteiger partial charge >= 0.3 is 6.09 Å². The van der Waals surface area contributed by atoms with Gasteiger partial charge in [0.2, 0.25) is 0 Å². The van der Waals surface area contributed by atoms with Gasteiger partial charge in [-0.15, -0.1) is 0 Å². The van der Waals surface area contributed by atoms with E-state index in [0.717, 1.165) is 19.4 Å². The molecule has 0 aromatic heterocycles. The normalized spacial score (nSPS) is 19.5. The first-order valence-corrected chi connectivity index (χ1v) is 10.5. The van der Waals surface area contributed by atoms with Crippen LogP contribution in [0.3, 0.4) is 0 Å². The van der Waals surface area contributed by atoms with Gasteiger partial charge in [0.15, 0.2) is 0 Å². The molecular weight excluding hydrogens is 256 g/mol. The van der Waals surface area contributed by atoms with E-state index in [1.807, 2.05) is 20.8 Å². The molecule has 1 aliphatic heterocycles. The molecule has 0 saturated carbocycles. The zero-order valence-corrected chi connectivity index (χ0v) is 14.2. The summed E-state index contributed by atoms with van der Waals surface area (Å²) < 4.78 is 5.42. The molecule has 1 aliphatic rings. The minimum atomic E-state index is -1.29. The third-order valence-corrected chi connectivity index (χ3v) is 3.69. The lowest BCUT2D eigenvalue weighted by atomic mass is 10.1. The van der Waals surface area contributed by atoms with E-state index >= 15 is 0 Å². The SMILES string of the molecule is CC(C)(C)OC(=O)N1CCCC(=CN[Si](C)(C)C)C1. The lowest BCUT2D eigenvalue weighted by Gasteiger charge is -2.31. The number of hydrogen-bond acceptors (Lipinski definition) is 3. The quantitative estimate of drug-likeness (QED) is 0.791. The number of rotatable bonds is 2. The van der Waals surface area contributed by atoms with Gasteiger partial charge in [-0.3, -0.25) is 0 Å². The monoisotopic (exact) mass is 284 g/mol. The Morgan fingerprint density at radius 2 is 2.00 bits per heavy atom. The molecule has 0 aliphatic carbocycles. The molecule has 19 heavy (non-hydrogen) atoms. The number of amides is 1. The number of piperidine rings is 1. The zero-order chi connectivity index (χ0) is 14.7. The second-order valence-electron chi connectivity index (χ2n) is 7.20. The van der Waals surface area contributed by atoms with Gasteiger partial charge in [0, 0.05) is 13.1 Å². The summed E-state index contributed by atoms with van der Waals surface area (Å²) in [6.07, 6.45) is 3.99. The number of carbonyl (C=O) groups excluding carboxylic acids is 1. The second kappa shape index (κ2) is 5.99. The maximum absolute atomic E-state index is 12.0. The van der Waals surface area contributed by atoms with Gasteiger partial charge < -0.3 is 14.6 Å². The van der Waals surface area contributed by atoms with Crippen molar-refractivity contribution < 1.29 is 9.53 Å². The minimum Gasteiger partial charge on any atom is -0.444 e. The first kappa shape index (κ1) is 16.1. The minimum absolute atomic E-state index is 0.203. The van der Waals surface area contributed by atoms with Crippen molar-refractivity contribution in [3.63, 3.8) is 0 Å². The molecule has 1 N–H and O–H groups in total. The van der Waals surface area contributed by atoms with E-state index in [9.17, 15) is 4.79 Å². The summed E-state index contributed by atoms with van der Waals surface area (Å²) in [5.41, 5.74) is 0.870. The van der Waals surface area contributed by atoms with Crippen molar-refractivity contribution in [2.75, 3.05) is 13.1 Å². The molecule has 1 saturated heterocycles. The first-order chi connectivity index (χ1) is 8.57. The summed E-state index contributed by atoms with van der Waals surface area (Å²) in [5.74, 6) is 0. The van der Waals surface area contributed by atoms with Gasteiger partial charge in [0.05, 0.1) is 0 Å². The van der Waals surface area contributed by atoms with E-state index in [2.05, 4.69) is 30.8 Å². The van der Waals surface area contributed by atoms with Crippen molar-refractivity contribution in [2.45, 2.75) is 58.9 Å². The van der Waals surface area contributed by atoms with E-state index in [1.54, 1.807) is 4.90 Å². The van der Waals surface area contributed by atoms with Crippen LogP contribution in [0.1, 0.15) is 33.6 Å². The maximum Gasteiger partial charge on any atom is 0.410 e. The smallest absolute Gasteiger partial charge is 0.410 e. The second-order valence-corrected chi connectivity index (χ2v) is 12.0. The molecule has 5 heteroatoms. The standard InChI is InChI=1S/C14H28N2O2Si/c1-14(2,3)18-13(17)16-9-7-8-12(11-16)10-15-19(4,5)6/h10,15H,7-9,11H2,1-6H3. The van der Waals surface area contributed by atoms with Crippen LogP contribution >= 0.6 is 0 Å². The molecule has 110 valence electrons. The van der Waals surface area contributed by atoms with Gasteiger partial charge in [-0.2, -0.15) is 0 Å². The maximum atomic E-state index is 12.0. The van der Waals surface area contributed by atoms with Crippen molar-refractivity contribution in [3.05, 3.63) is 11.8 Å². The molecule has 4 nitrogen and oxygen atoms in total. The molecule has 1 rings (SSSR count). The summed E-state index contributed by atoms with van der Waals surface area (Å²) in [6.45, 7) is 14.0. The van der Waals surface area contributed by atoms with Gasteiger partial charge in [-0.25, -0.2) is 4.79 Å². The van der Waals surface area contributed by atoms with Crippen molar-refractivity contribution in [2.24, 2.45) is 0 Å². The molecule has 0 aromatic carbocycles. The molecule has 1 fully saturated rings. The fourth-order valence-electron chi connectivity index (χ4n) is 1.82. The molecule has 0 aromatic rings. The molecule has 0 spiro atoms. The highest BCUT2D eigenvalue weighted by molar-refractivity contribution is 6.73. The van der Waals surface area contributed by atoms with Crippen LogP contribution in [-0.4, -0.2) is 37.9 Å². The zero-order valence-electron chi connectivity index (χ0n) is 13.2. The predicted molar refractivity (Wildman–Crippen MR) is 81.6 cm³/mol. The molecule has 1 heterocycles. The van der Waals surface area contributed by atoms with Crippen molar-refractivity contribution in [1.29, 1.82) is 0 Å². The number of likely N-dealkylation sites (tertiary alicyclic amines) is 1. The summed E-state index contributed by atoms with van der Waals surface area (Å²) in [6, 6.07) is 0. The predicted octanol–water partition coefficient (Wildman–Crippen LogP) is 3.33. The fourth-order valence-corrected chi connectivity index (χ4v) is 2.46. The van der Waals surface area contributed by atoms with E-state index in [4.69, 9.17) is 4.74 Å². The van der Waals surface area contributed by atoms with Crippen LogP contribution in [0.2, 0.25) is 19.6 Å². The lowest BCUT2D eigenvalue weighted by Crippen LogP contribution is -2.42. The Kier molecular flexibility index (Phi) is 5.07. The summed E-state index contributed by atoms with van der Waals surface area (Å²) >= 11 is 0. The Morgan fingerprint density at radius 3 is 2.53 bits per heavy atom. The Labute approximate surface area is 118 Å². The van der Waals surface area contributed by atoms with Crippen LogP contribution < -0.4 is 4.98 Å². The Bertz CT molecular complexity index is 353. The molecule has 0 radical (unpaired) electrons. The van der Waals surface area contributed by atoms with Crippen LogP contribution in [0.15, 0.2) is 11.8 Å². The number of ether oxygens (including phenoxy) is 1. The number of hydrogen-bond donors (Lipinski definition) is 1. The molecule has 0 unspecified atom stereocenters. The van der Waals surface area contributed by atoms with Gasteiger partial charge in [-0.1, -0.05) is 19.6 Å². The Balaban J connectivity index is 2.57. The highest BCUT2D eigenvalue weighted by Gasteiger charge is 2.25. The number of carbonyl (C=O) groups is 1. The van der Waals surface area contributed by atoms with E-state index in [-0.39, 0.29) is 6.09 Å². The third kappa shape index (κ3) is 6.66. The molecule has 0 atom stereocenters. The average Bonchev–Trinajstić information content (AvgIpc) is 2.23. The molecular formula is C14H28N2O2Si. The van der Waals surface area contributed by atoms with Gasteiger partial charge in [0.25, 0.3) is 0 Å². The lowest BCUT2D eigenvalue weighted by molar-refractivity contribution is 0.0246.